The molecule has 0 radical (unpaired) electrons. The Hall–Kier alpha value is -5.46. The number of aromatic nitrogens is 4. The molecular weight excluding hydrogens is 480 g/mol. The Bertz CT molecular complexity index is 1560. The van der Waals surface area contributed by atoms with Crippen LogP contribution in [0.5, 0.6) is 0 Å². The molecule has 2 aromatic carbocycles. The Morgan fingerprint density at radius 1 is 1.03 bits per heavy atom. The van der Waals surface area contributed by atoms with E-state index in [1.54, 1.807) is 43.5 Å². The molecule has 0 fully saturated rings. The Morgan fingerprint density at radius 2 is 1.78 bits per heavy atom. The minimum Gasteiger partial charge on any atom is -0.328 e. The molecule has 37 heavy (non-hydrogen) atoms. The minimum absolute atomic E-state index is 0.0875. The fourth-order valence-electron chi connectivity index (χ4n) is 4.11. The van der Waals surface area contributed by atoms with Gasteiger partial charge < -0.3 is 10.6 Å². The van der Waals surface area contributed by atoms with Crippen LogP contribution in [0.4, 0.5) is 23.0 Å². The van der Waals surface area contributed by atoms with E-state index in [-0.39, 0.29) is 34.3 Å². The number of benzene rings is 2. The Kier molecular flexibility index (Phi) is 5.85. The molecule has 13 heteroatoms. The van der Waals surface area contributed by atoms with Crippen molar-refractivity contribution in [1.29, 1.82) is 0 Å². The number of allylic oxidation sites excluding steroid dienone is 1. The van der Waals surface area contributed by atoms with Crippen LogP contribution in [0, 0.1) is 20.2 Å². The predicted octanol–water partition coefficient (Wildman–Crippen LogP) is 4.08. The van der Waals surface area contributed by atoms with Gasteiger partial charge in [0.15, 0.2) is 5.82 Å². The van der Waals surface area contributed by atoms with Crippen molar-refractivity contribution in [3.05, 3.63) is 110 Å². The van der Waals surface area contributed by atoms with Crippen molar-refractivity contribution in [2.24, 2.45) is 0 Å². The molecule has 0 bridgehead atoms. The van der Waals surface area contributed by atoms with Gasteiger partial charge in [0, 0.05) is 35.7 Å². The molecule has 0 saturated carbocycles. The second kappa shape index (κ2) is 9.30. The van der Waals surface area contributed by atoms with E-state index in [0.29, 0.717) is 16.9 Å². The van der Waals surface area contributed by atoms with Crippen LogP contribution in [0.25, 0.3) is 11.4 Å². The van der Waals surface area contributed by atoms with E-state index >= 15 is 0 Å². The molecule has 1 aliphatic heterocycles. The lowest BCUT2D eigenvalue weighted by Gasteiger charge is -2.28. The first-order valence-corrected chi connectivity index (χ1v) is 11.0. The number of hydrogen-bond donors (Lipinski definition) is 2. The van der Waals surface area contributed by atoms with Gasteiger partial charge in [-0.25, -0.2) is 4.68 Å². The molecule has 0 spiro atoms. The number of para-hydroxylation sites is 1. The summed E-state index contributed by atoms with van der Waals surface area (Å²) in [7, 11) is 0. The third kappa shape index (κ3) is 4.36. The van der Waals surface area contributed by atoms with Gasteiger partial charge in [-0.2, -0.15) is 4.98 Å². The molecule has 5 rings (SSSR count). The molecular formula is C24H18N8O5. The van der Waals surface area contributed by atoms with Crippen LogP contribution in [0.15, 0.2) is 84.3 Å². The number of nitrogens with zero attached hydrogens (tertiary/aromatic N) is 6. The highest BCUT2D eigenvalue weighted by atomic mass is 16.6. The molecule has 1 atom stereocenters. The first-order chi connectivity index (χ1) is 17.8. The molecule has 0 saturated heterocycles. The fourth-order valence-corrected chi connectivity index (χ4v) is 4.11. The Morgan fingerprint density at radius 3 is 2.46 bits per heavy atom. The van der Waals surface area contributed by atoms with E-state index in [1.807, 2.05) is 0 Å². The van der Waals surface area contributed by atoms with E-state index in [4.69, 9.17) is 0 Å². The molecule has 1 amide bonds. The van der Waals surface area contributed by atoms with Crippen molar-refractivity contribution in [3.8, 4) is 11.4 Å². The SMILES string of the molecule is CC1=C(C(=O)Nc2cccnc2)C(c2ccccc2[N+](=O)[O-])n2nc(-c3ccc([N+](=O)[O-])cc3)nc2N1. The number of amides is 1. The van der Waals surface area contributed by atoms with E-state index in [0.717, 1.165) is 0 Å². The van der Waals surface area contributed by atoms with Gasteiger partial charge in [-0.05, 0) is 37.3 Å². The zero-order valence-electron chi connectivity index (χ0n) is 19.2. The number of non-ortho nitro benzene ring substituents is 1. The van der Waals surface area contributed by atoms with Gasteiger partial charge in [-0.1, -0.05) is 12.1 Å². The first kappa shape index (κ1) is 23.3. The van der Waals surface area contributed by atoms with E-state index in [2.05, 4.69) is 25.7 Å². The lowest BCUT2D eigenvalue weighted by atomic mass is 9.93. The maximum absolute atomic E-state index is 13.5. The van der Waals surface area contributed by atoms with E-state index < -0.39 is 21.8 Å². The highest BCUT2D eigenvalue weighted by Gasteiger charge is 2.37. The number of carbonyl (C=O) groups is 1. The number of nitro groups is 2. The maximum atomic E-state index is 13.5. The van der Waals surface area contributed by atoms with Gasteiger partial charge in [0.1, 0.15) is 6.04 Å². The number of anilines is 2. The van der Waals surface area contributed by atoms with Crippen molar-refractivity contribution >= 4 is 28.9 Å². The monoisotopic (exact) mass is 498 g/mol. The molecule has 2 aromatic heterocycles. The smallest absolute Gasteiger partial charge is 0.275 e. The lowest BCUT2D eigenvalue weighted by Crippen LogP contribution is -2.32. The highest BCUT2D eigenvalue weighted by molar-refractivity contribution is 6.06. The van der Waals surface area contributed by atoms with Crippen LogP contribution < -0.4 is 10.6 Å². The zero-order valence-corrected chi connectivity index (χ0v) is 19.2. The summed E-state index contributed by atoms with van der Waals surface area (Å²) in [6, 6.07) is 14.1. The number of rotatable bonds is 6. The van der Waals surface area contributed by atoms with Crippen LogP contribution >= 0.6 is 0 Å². The number of pyridine rings is 1. The quantitative estimate of drug-likeness (QED) is 0.293. The molecule has 1 unspecified atom stereocenters. The third-order valence-corrected chi connectivity index (χ3v) is 5.78. The topological polar surface area (TPSA) is 171 Å². The second-order valence-corrected chi connectivity index (χ2v) is 8.09. The Balaban J connectivity index is 1.64. The van der Waals surface area contributed by atoms with Crippen LogP contribution in [0.1, 0.15) is 18.5 Å². The number of carbonyl (C=O) groups excluding carboxylic acids is 1. The standard InChI is InChI=1S/C24H18N8O5/c1-14-20(23(33)27-16-5-4-12-25-13-16)21(18-6-2-3-7-19(18)32(36)37)30-24(26-14)28-22(29-30)15-8-10-17(11-9-15)31(34)35/h2-13,21H,1H3,(H,27,33)(H,26,28,29). The normalized spacial score (nSPS) is 14.5. The van der Waals surface area contributed by atoms with Gasteiger partial charge >= 0.3 is 0 Å². The van der Waals surface area contributed by atoms with Crippen LogP contribution in [0.2, 0.25) is 0 Å². The first-order valence-electron chi connectivity index (χ1n) is 11.0. The van der Waals surface area contributed by atoms with Crippen LogP contribution in [0.3, 0.4) is 0 Å². The van der Waals surface area contributed by atoms with Gasteiger partial charge in [0.05, 0.1) is 32.9 Å². The Labute approximate surface area is 208 Å². The van der Waals surface area contributed by atoms with Crippen LogP contribution in [-0.4, -0.2) is 35.5 Å². The van der Waals surface area contributed by atoms with Crippen molar-refractivity contribution in [1.82, 2.24) is 19.7 Å². The highest BCUT2D eigenvalue weighted by Crippen LogP contribution is 2.40. The molecule has 4 aromatic rings. The summed E-state index contributed by atoms with van der Waals surface area (Å²) < 4.78 is 1.41. The third-order valence-electron chi connectivity index (χ3n) is 5.78. The number of nitrogens with one attached hydrogen (secondary N) is 2. The molecule has 0 aliphatic carbocycles. The minimum atomic E-state index is -0.992. The summed E-state index contributed by atoms with van der Waals surface area (Å²) in [5.41, 5.74) is 1.54. The second-order valence-electron chi connectivity index (χ2n) is 8.09. The average Bonchev–Trinajstić information content (AvgIpc) is 3.32. The molecule has 13 nitrogen and oxygen atoms in total. The summed E-state index contributed by atoms with van der Waals surface area (Å²) in [6.45, 7) is 1.67. The molecule has 1 aliphatic rings. The average molecular weight is 498 g/mol. The number of hydrogen-bond acceptors (Lipinski definition) is 9. The molecule has 3 heterocycles. The van der Waals surface area contributed by atoms with Gasteiger partial charge in [-0.15, -0.1) is 5.10 Å². The summed E-state index contributed by atoms with van der Waals surface area (Å²) in [4.78, 5) is 43.9. The summed E-state index contributed by atoms with van der Waals surface area (Å²) in [6.07, 6.45) is 3.05. The van der Waals surface area contributed by atoms with Crippen molar-refractivity contribution in [3.63, 3.8) is 0 Å². The van der Waals surface area contributed by atoms with Gasteiger partial charge in [0.2, 0.25) is 5.95 Å². The fraction of sp³-hybridized carbons (Fsp3) is 0.0833. The van der Waals surface area contributed by atoms with Crippen molar-refractivity contribution < 1.29 is 14.6 Å². The van der Waals surface area contributed by atoms with Crippen molar-refractivity contribution in [2.75, 3.05) is 10.6 Å². The summed E-state index contributed by atoms with van der Waals surface area (Å²) in [5, 5.41) is 33.3. The summed E-state index contributed by atoms with van der Waals surface area (Å²) in [5.74, 6) is -0.0196. The van der Waals surface area contributed by atoms with Crippen molar-refractivity contribution in [2.45, 2.75) is 13.0 Å². The summed E-state index contributed by atoms with van der Waals surface area (Å²) >= 11 is 0. The molecule has 2 N–H and O–H groups in total. The van der Waals surface area contributed by atoms with Gasteiger partial charge in [-0.3, -0.25) is 30.0 Å². The zero-order chi connectivity index (χ0) is 26.1. The van der Waals surface area contributed by atoms with Crippen LogP contribution in [-0.2, 0) is 4.79 Å². The van der Waals surface area contributed by atoms with Gasteiger partial charge in [0.25, 0.3) is 17.3 Å². The van der Waals surface area contributed by atoms with E-state index in [1.165, 1.54) is 41.2 Å². The van der Waals surface area contributed by atoms with E-state index in [9.17, 15) is 25.0 Å². The lowest BCUT2D eigenvalue weighted by molar-refractivity contribution is -0.385. The predicted molar refractivity (Wildman–Crippen MR) is 133 cm³/mol. The maximum Gasteiger partial charge on any atom is 0.275 e. The number of fused-ring (bicyclic) bond motifs is 1. The number of nitro benzene ring substituents is 2. The largest absolute Gasteiger partial charge is 0.328 e. The molecule has 184 valence electrons.